The van der Waals surface area contributed by atoms with E-state index in [9.17, 15) is 14.7 Å². The van der Waals surface area contributed by atoms with Crippen molar-refractivity contribution in [2.45, 2.75) is 38.8 Å². The van der Waals surface area contributed by atoms with E-state index < -0.39 is 11.8 Å². The Hall–Kier alpha value is -3.65. The number of rotatable bonds is 6. The molecule has 2 heterocycles. The number of phenolic OH excluding ortho intramolecular Hbond substituents is 1. The summed E-state index contributed by atoms with van der Waals surface area (Å²) in [7, 11) is 2.09. The van der Waals surface area contributed by atoms with Gasteiger partial charge in [0.15, 0.2) is 6.10 Å². The summed E-state index contributed by atoms with van der Waals surface area (Å²) in [5, 5.41) is 12.8. The van der Waals surface area contributed by atoms with Crippen molar-refractivity contribution >= 4 is 5.91 Å². The Balaban J connectivity index is 1.44. The highest BCUT2D eigenvalue weighted by atomic mass is 16.5. The molecule has 1 fully saturated rings. The quantitative estimate of drug-likeness (QED) is 0.520. The highest BCUT2D eigenvalue weighted by Gasteiger charge is 2.22. The zero-order chi connectivity index (χ0) is 24.2. The summed E-state index contributed by atoms with van der Waals surface area (Å²) in [5.41, 5.74) is 2.90. The van der Waals surface area contributed by atoms with Crippen molar-refractivity contribution in [1.29, 1.82) is 0 Å². The fraction of sp³-hybridized carbons (Fsp3) is 0.346. The minimum absolute atomic E-state index is 0.120. The fourth-order valence-corrected chi connectivity index (χ4v) is 4.02. The van der Waals surface area contributed by atoms with Crippen molar-refractivity contribution in [3.63, 3.8) is 0 Å². The van der Waals surface area contributed by atoms with Crippen molar-refractivity contribution in [2.75, 3.05) is 20.1 Å². The lowest BCUT2D eigenvalue weighted by Gasteiger charge is -2.30. The van der Waals surface area contributed by atoms with E-state index in [2.05, 4.69) is 27.2 Å². The summed E-state index contributed by atoms with van der Waals surface area (Å²) in [5.74, 6) is 0.644. The van der Waals surface area contributed by atoms with Crippen LogP contribution in [0.5, 0.6) is 11.5 Å². The van der Waals surface area contributed by atoms with E-state index in [1.54, 1.807) is 50.2 Å². The molecule has 0 aliphatic carbocycles. The van der Waals surface area contributed by atoms with Crippen LogP contribution >= 0.6 is 0 Å². The SMILES string of the molecule is Cc1cc(-c2cc(-c3ccc(OC(C)C(=O)NC4CCN(C)CC4)cc3)[nH]c(=O)n2)ccc1O. The molecule has 8 heteroatoms. The van der Waals surface area contributed by atoms with E-state index in [0.29, 0.717) is 22.7 Å². The van der Waals surface area contributed by atoms with E-state index >= 15 is 0 Å². The van der Waals surface area contributed by atoms with Gasteiger partial charge < -0.3 is 25.0 Å². The molecule has 0 bridgehead atoms. The van der Waals surface area contributed by atoms with Crippen molar-refractivity contribution in [2.24, 2.45) is 0 Å². The molecular weight excluding hydrogens is 432 g/mol. The first-order chi connectivity index (χ1) is 16.3. The standard InChI is InChI=1S/C26H30N4O4/c1-16-14-19(6-9-24(16)31)23-15-22(28-26(33)29-23)18-4-7-21(8-5-18)34-17(2)25(32)27-20-10-12-30(3)13-11-20/h4-9,14-15,17,20,31H,10-13H2,1-3H3,(H,27,32)(H,28,29,33). The Labute approximate surface area is 198 Å². The first kappa shape index (κ1) is 23.5. The maximum Gasteiger partial charge on any atom is 0.345 e. The van der Waals surface area contributed by atoms with Gasteiger partial charge in [0.2, 0.25) is 0 Å². The van der Waals surface area contributed by atoms with Crippen LogP contribution in [0.15, 0.2) is 53.3 Å². The molecule has 1 atom stereocenters. The molecule has 3 N–H and O–H groups in total. The lowest BCUT2D eigenvalue weighted by molar-refractivity contribution is -0.128. The van der Waals surface area contributed by atoms with Gasteiger partial charge in [-0.1, -0.05) is 0 Å². The van der Waals surface area contributed by atoms with E-state index in [1.807, 2.05) is 12.1 Å². The molecule has 1 aliphatic heterocycles. The number of ether oxygens (including phenoxy) is 1. The van der Waals surface area contributed by atoms with E-state index in [0.717, 1.165) is 37.1 Å². The summed E-state index contributed by atoms with van der Waals surface area (Å²) >= 11 is 0. The number of nitrogens with zero attached hydrogens (tertiary/aromatic N) is 2. The van der Waals surface area contributed by atoms with Gasteiger partial charge in [-0.3, -0.25) is 4.79 Å². The molecule has 1 aliphatic rings. The normalized spacial score (nSPS) is 15.6. The zero-order valence-corrected chi connectivity index (χ0v) is 19.7. The van der Waals surface area contributed by atoms with Gasteiger partial charge in [0.1, 0.15) is 11.5 Å². The van der Waals surface area contributed by atoms with Gasteiger partial charge in [0.25, 0.3) is 5.91 Å². The van der Waals surface area contributed by atoms with Gasteiger partial charge in [-0.25, -0.2) is 4.79 Å². The number of hydrogen-bond donors (Lipinski definition) is 3. The molecule has 0 spiro atoms. The molecule has 0 saturated carbocycles. The number of aromatic hydroxyl groups is 1. The summed E-state index contributed by atoms with van der Waals surface area (Å²) in [6.45, 7) is 5.49. The van der Waals surface area contributed by atoms with Crippen LogP contribution < -0.4 is 15.7 Å². The Morgan fingerprint density at radius 2 is 1.82 bits per heavy atom. The predicted octanol–water partition coefficient (Wildman–Crippen LogP) is 3.10. The van der Waals surface area contributed by atoms with Gasteiger partial charge in [0.05, 0.1) is 11.4 Å². The molecule has 34 heavy (non-hydrogen) atoms. The number of amides is 1. The molecule has 4 rings (SSSR count). The van der Waals surface area contributed by atoms with Crippen LogP contribution in [-0.4, -0.2) is 58.2 Å². The average molecular weight is 463 g/mol. The lowest BCUT2D eigenvalue weighted by atomic mass is 10.1. The van der Waals surface area contributed by atoms with Gasteiger partial charge in [-0.05, 0) is 106 Å². The maximum atomic E-state index is 12.5. The third kappa shape index (κ3) is 5.63. The van der Waals surface area contributed by atoms with Crippen molar-refractivity contribution < 1.29 is 14.6 Å². The predicted molar refractivity (Wildman–Crippen MR) is 131 cm³/mol. The first-order valence-electron chi connectivity index (χ1n) is 11.5. The second-order valence-corrected chi connectivity index (χ2v) is 8.86. The number of benzene rings is 2. The van der Waals surface area contributed by atoms with Crippen LogP contribution in [0, 0.1) is 6.92 Å². The number of aromatic nitrogens is 2. The minimum atomic E-state index is -0.615. The topological polar surface area (TPSA) is 108 Å². The molecule has 1 aromatic heterocycles. The third-order valence-corrected chi connectivity index (χ3v) is 6.15. The van der Waals surface area contributed by atoms with Crippen LogP contribution in [0.25, 0.3) is 22.5 Å². The van der Waals surface area contributed by atoms with Crippen molar-refractivity contribution in [3.8, 4) is 34.0 Å². The Morgan fingerprint density at radius 1 is 1.15 bits per heavy atom. The fourth-order valence-electron chi connectivity index (χ4n) is 4.02. The first-order valence-corrected chi connectivity index (χ1v) is 11.5. The molecule has 2 aromatic carbocycles. The van der Waals surface area contributed by atoms with E-state index in [-0.39, 0.29) is 17.7 Å². The monoisotopic (exact) mass is 462 g/mol. The van der Waals surface area contributed by atoms with Crippen LogP contribution in [0.4, 0.5) is 0 Å². The Bertz CT molecular complexity index is 1210. The van der Waals surface area contributed by atoms with E-state index in [1.165, 1.54) is 0 Å². The number of aromatic amines is 1. The highest BCUT2D eigenvalue weighted by Crippen LogP contribution is 2.27. The number of likely N-dealkylation sites (tertiary alicyclic amines) is 1. The second kappa shape index (κ2) is 10.1. The van der Waals surface area contributed by atoms with Gasteiger partial charge in [0, 0.05) is 11.6 Å². The summed E-state index contributed by atoms with van der Waals surface area (Å²) in [6, 6.07) is 14.3. The van der Waals surface area contributed by atoms with Crippen molar-refractivity contribution in [3.05, 3.63) is 64.6 Å². The van der Waals surface area contributed by atoms with Crippen LogP contribution in [0.3, 0.4) is 0 Å². The second-order valence-electron chi connectivity index (χ2n) is 8.86. The molecule has 178 valence electrons. The summed E-state index contributed by atoms with van der Waals surface area (Å²) in [6.07, 6.45) is 1.27. The Morgan fingerprint density at radius 3 is 2.50 bits per heavy atom. The van der Waals surface area contributed by atoms with Crippen LogP contribution in [-0.2, 0) is 4.79 Å². The maximum absolute atomic E-state index is 12.5. The molecule has 1 unspecified atom stereocenters. The number of aryl methyl sites for hydroxylation is 1. The molecule has 3 aromatic rings. The number of phenols is 1. The van der Waals surface area contributed by atoms with E-state index in [4.69, 9.17) is 4.74 Å². The molecule has 8 nitrogen and oxygen atoms in total. The number of carbonyl (C=O) groups is 1. The van der Waals surface area contributed by atoms with Gasteiger partial charge in [-0.15, -0.1) is 0 Å². The smallest absolute Gasteiger partial charge is 0.345 e. The molecule has 1 amide bonds. The zero-order valence-electron chi connectivity index (χ0n) is 19.7. The molecular formula is C26H30N4O4. The number of hydrogen-bond acceptors (Lipinski definition) is 6. The van der Waals surface area contributed by atoms with Crippen LogP contribution in [0.2, 0.25) is 0 Å². The van der Waals surface area contributed by atoms with Gasteiger partial charge >= 0.3 is 5.69 Å². The average Bonchev–Trinajstić information content (AvgIpc) is 2.82. The Kier molecular flexibility index (Phi) is 6.98. The number of carbonyl (C=O) groups excluding carboxylic acids is 1. The van der Waals surface area contributed by atoms with Crippen molar-refractivity contribution in [1.82, 2.24) is 20.2 Å². The summed E-state index contributed by atoms with van der Waals surface area (Å²) < 4.78 is 5.84. The molecule has 1 saturated heterocycles. The minimum Gasteiger partial charge on any atom is -0.508 e. The third-order valence-electron chi connectivity index (χ3n) is 6.15. The highest BCUT2D eigenvalue weighted by molar-refractivity contribution is 5.81. The van der Waals surface area contributed by atoms with Crippen LogP contribution in [0.1, 0.15) is 25.3 Å². The number of piperidine rings is 1. The largest absolute Gasteiger partial charge is 0.508 e. The number of nitrogens with one attached hydrogen (secondary N) is 2. The number of H-pyrrole nitrogens is 1. The molecule has 0 radical (unpaired) electrons. The van der Waals surface area contributed by atoms with Gasteiger partial charge in [-0.2, -0.15) is 4.98 Å². The summed E-state index contributed by atoms with van der Waals surface area (Å²) in [4.78, 5) is 33.8. The lowest BCUT2D eigenvalue weighted by Crippen LogP contribution is -2.47.